The van der Waals surface area contributed by atoms with E-state index in [-0.39, 0.29) is 30.6 Å². The molecule has 3 aromatic rings. The van der Waals surface area contributed by atoms with Crippen LogP contribution in [0.1, 0.15) is 76.6 Å². The monoisotopic (exact) mass is 603 g/mol. The summed E-state index contributed by atoms with van der Waals surface area (Å²) in [6.45, 7) is 6.23. The van der Waals surface area contributed by atoms with Gasteiger partial charge in [-0.15, -0.1) is 10.2 Å². The molecular formula is C34H37N9O2. The Morgan fingerprint density at radius 2 is 1.84 bits per heavy atom. The zero-order chi connectivity index (χ0) is 31.5. The third kappa shape index (κ3) is 4.71. The molecule has 1 aromatic heterocycles. The van der Waals surface area contributed by atoms with Gasteiger partial charge < -0.3 is 21.7 Å². The van der Waals surface area contributed by atoms with Gasteiger partial charge in [0.1, 0.15) is 6.04 Å². The van der Waals surface area contributed by atoms with Crippen LogP contribution >= 0.6 is 0 Å². The molecular weight excluding hydrogens is 566 g/mol. The maximum Gasteiger partial charge on any atom is 0.248 e. The molecule has 230 valence electrons. The number of primary amides is 1. The highest BCUT2D eigenvalue weighted by atomic mass is 16.2. The van der Waals surface area contributed by atoms with Gasteiger partial charge in [0, 0.05) is 23.3 Å². The van der Waals surface area contributed by atoms with E-state index in [1.807, 2.05) is 23.1 Å². The molecule has 6 N–H and O–H groups in total. The molecule has 45 heavy (non-hydrogen) atoms. The van der Waals surface area contributed by atoms with Crippen LogP contribution < -0.4 is 16.8 Å². The molecule has 11 nitrogen and oxygen atoms in total. The normalized spacial score (nSPS) is 26.7. The summed E-state index contributed by atoms with van der Waals surface area (Å²) in [6.07, 6.45) is 6.69. The Kier molecular flexibility index (Phi) is 7.05. The number of carbonyl (C=O) groups is 2. The van der Waals surface area contributed by atoms with Gasteiger partial charge in [-0.1, -0.05) is 48.6 Å². The molecule has 1 aliphatic heterocycles. The predicted molar refractivity (Wildman–Crippen MR) is 167 cm³/mol. The largest absolute Gasteiger partial charge is 0.399 e. The van der Waals surface area contributed by atoms with E-state index in [1.165, 1.54) is 5.57 Å². The smallest absolute Gasteiger partial charge is 0.248 e. The third-order valence-electron chi connectivity index (χ3n) is 10.6. The number of hydrogen-bond acceptors (Lipinski definition) is 8. The van der Waals surface area contributed by atoms with Gasteiger partial charge in [0.05, 0.1) is 18.0 Å². The Morgan fingerprint density at radius 1 is 1.16 bits per heavy atom. The summed E-state index contributed by atoms with van der Waals surface area (Å²) >= 11 is 0. The number of nitrogens with one attached hydrogen (secondary N) is 2. The van der Waals surface area contributed by atoms with Crippen molar-refractivity contribution < 1.29 is 9.59 Å². The standard InChI is InChI=1S/C34H37N9O2/c1-18-26-14-25(16-35)43(31(18)26)30(44)17-38-29(20-4-3-5-20)15-34(33-39-41-42-40-33)27-10-8-21(19(2)36)12-22(27)6-7-23-13-24(32(37)45)9-11-28(23)34/h4,8-13,18,25-26,29,31,38H,2-3,5-7,14-15,17,36H2,1H3,(H2,37,45)(H,39,40,41,42)/t18-,25?,26+,29+,31-,34?/m0/s1. The van der Waals surface area contributed by atoms with Crippen molar-refractivity contribution >= 4 is 17.5 Å². The van der Waals surface area contributed by atoms with Gasteiger partial charge in [0.2, 0.25) is 11.8 Å². The number of likely N-dealkylation sites (tertiary alicyclic amines) is 1. The lowest BCUT2D eigenvalue weighted by atomic mass is 9.66. The summed E-state index contributed by atoms with van der Waals surface area (Å²) in [5, 5.41) is 29.2. The van der Waals surface area contributed by atoms with E-state index in [9.17, 15) is 14.9 Å². The first-order valence-corrected chi connectivity index (χ1v) is 15.6. The number of carbonyl (C=O) groups excluding carboxylic acids is 2. The molecule has 1 saturated heterocycles. The van der Waals surface area contributed by atoms with Crippen LogP contribution in [0.5, 0.6) is 0 Å². The summed E-state index contributed by atoms with van der Waals surface area (Å²) in [7, 11) is 0. The molecule has 2 amide bonds. The first kappa shape index (κ1) is 28.9. The van der Waals surface area contributed by atoms with Gasteiger partial charge >= 0.3 is 0 Å². The molecule has 2 aromatic carbocycles. The molecule has 2 unspecified atom stereocenters. The maximum atomic E-state index is 13.7. The van der Waals surface area contributed by atoms with Crippen molar-refractivity contribution in [1.29, 1.82) is 5.26 Å². The van der Waals surface area contributed by atoms with E-state index in [2.05, 4.69) is 63.7 Å². The minimum atomic E-state index is -0.894. The van der Waals surface area contributed by atoms with Crippen LogP contribution in [0.25, 0.3) is 5.70 Å². The second-order valence-electron chi connectivity index (χ2n) is 12.9. The fourth-order valence-corrected chi connectivity index (χ4v) is 8.04. The average molecular weight is 604 g/mol. The van der Waals surface area contributed by atoms with Crippen LogP contribution in [0.3, 0.4) is 0 Å². The van der Waals surface area contributed by atoms with Crippen LogP contribution in [-0.4, -0.2) is 62.0 Å². The Hall–Kier alpha value is -4.82. The van der Waals surface area contributed by atoms with E-state index >= 15 is 0 Å². The Morgan fingerprint density at radius 3 is 2.42 bits per heavy atom. The van der Waals surface area contributed by atoms with Crippen LogP contribution in [0.4, 0.5) is 0 Å². The summed E-state index contributed by atoms with van der Waals surface area (Å²) in [4.78, 5) is 27.7. The third-order valence-corrected chi connectivity index (χ3v) is 10.6. The van der Waals surface area contributed by atoms with Gasteiger partial charge in [-0.3, -0.25) is 9.59 Å². The number of nitrogens with zero attached hydrogens (tertiary/aromatic N) is 5. The summed E-state index contributed by atoms with van der Waals surface area (Å²) in [5.74, 6) is 0.813. The Balaban J connectivity index is 1.33. The van der Waals surface area contributed by atoms with E-state index in [0.717, 1.165) is 47.1 Å². The average Bonchev–Trinajstić information content (AvgIpc) is 3.37. The summed E-state index contributed by atoms with van der Waals surface area (Å²) in [6, 6.07) is 13.6. The minimum Gasteiger partial charge on any atom is -0.399 e. The molecule has 11 heteroatoms. The number of hydrogen-bond donors (Lipinski definition) is 4. The topological polar surface area (TPSA) is 180 Å². The van der Waals surface area contributed by atoms with E-state index in [4.69, 9.17) is 11.5 Å². The first-order valence-electron chi connectivity index (χ1n) is 15.6. The van der Waals surface area contributed by atoms with E-state index in [0.29, 0.717) is 48.2 Å². The number of amides is 2. The zero-order valence-corrected chi connectivity index (χ0v) is 25.3. The van der Waals surface area contributed by atoms with E-state index in [1.54, 1.807) is 6.07 Å². The fourth-order valence-electron chi connectivity index (χ4n) is 8.04. The fraction of sp³-hybridized carbons (Fsp3) is 0.412. The molecule has 3 aliphatic carbocycles. The van der Waals surface area contributed by atoms with Crippen molar-refractivity contribution in [1.82, 2.24) is 30.8 Å². The number of nitriles is 1. The number of allylic oxidation sites excluding steroid dienone is 1. The SMILES string of the molecule is C=C(N)c1ccc2c(c1)CCc1cc(C(N)=O)ccc1C2(C[C@@H](NCC(=O)N1C(C#N)C[C@@H]2[C@H](C)[C@@H]21)C1=CCC1)c1nn[nH]n1. The molecule has 2 fully saturated rings. The van der Waals surface area contributed by atoms with Crippen molar-refractivity contribution in [2.45, 2.75) is 69.0 Å². The Labute approximate surface area is 261 Å². The van der Waals surface area contributed by atoms with Crippen molar-refractivity contribution in [3.05, 3.63) is 93.8 Å². The Bertz CT molecular complexity index is 1710. The zero-order valence-electron chi connectivity index (χ0n) is 25.3. The van der Waals surface area contributed by atoms with Crippen molar-refractivity contribution in [2.24, 2.45) is 23.3 Å². The molecule has 2 heterocycles. The summed E-state index contributed by atoms with van der Waals surface area (Å²) < 4.78 is 0. The second-order valence-corrected chi connectivity index (χ2v) is 12.9. The lowest BCUT2D eigenvalue weighted by molar-refractivity contribution is -0.131. The maximum absolute atomic E-state index is 13.7. The number of benzene rings is 2. The number of rotatable bonds is 9. The molecule has 0 bridgehead atoms. The highest BCUT2D eigenvalue weighted by molar-refractivity contribution is 5.93. The van der Waals surface area contributed by atoms with Gasteiger partial charge in [-0.2, -0.15) is 10.5 Å². The number of H-pyrrole nitrogens is 1. The highest BCUT2D eigenvalue weighted by Crippen LogP contribution is 2.53. The molecule has 6 atom stereocenters. The molecule has 4 aliphatic rings. The van der Waals surface area contributed by atoms with Crippen molar-refractivity contribution in [3.63, 3.8) is 0 Å². The van der Waals surface area contributed by atoms with Gasteiger partial charge in [-0.05, 0) is 96.4 Å². The number of aromatic nitrogens is 4. The molecule has 7 rings (SSSR count). The molecule has 1 saturated carbocycles. The second kappa shape index (κ2) is 11.0. The van der Waals surface area contributed by atoms with Crippen LogP contribution in [0.2, 0.25) is 0 Å². The van der Waals surface area contributed by atoms with Crippen LogP contribution in [0, 0.1) is 23.2 Å². The van der Waals surface area contributed by atoms with Crippen LogP contribution in [-0.2, 0) is 23.1 Å². The number of nitrogens with two attached hydrogens (primary N) is 2. The number of tetrazole rings is 1. The van der Waals surface area contributed by atoms with Gasteiger partial charge in [-0.25, -0.2) is 0 Å². The molecule has 0 spiro atoms. The van der Waals surface area contributed by atoms with E-state index < -0.39 is 11.3 Å². The van der Waals surface area contributed by atoms with Crippen LogP contribution in [0.15, 0.2) is 54.6 Å². The summed E-state index contributed by atoms with van der Waals surface area (Å²) in [5.41, 5.74) is 17.9. The predicted octanol–water partition coefficient (Wildman–Crippen LogP) is 2.49. The lowest BCUT2D eigenvalue weighted by Crippen LogP contribution is -2.48. The van der Waals surface area contributed by atoms with Crippen molar-refractivity contribution in [3.8, 4) is 6.07 Å². The quantitative estimate of drug-likeness (QED) is 0.269. The number of aromatic amines is 1. The minimum absolute atomic E-state index is 0.0456. The van der Waals surface area contributed by atoms with Crippen molar-refractivity contribution in [2.75, 3.05) is 6.54 Å². The lowest BCUT2D eigenvalue weighted by Gasteiger charge is -2.39. The number of piperidine rings is 1. The molecule has 0 radical (unpaired) electrons. The first-order chi connectivity index (χ1) is 21.7. The highest BCUT2D eigenvalue weighted by Gasteiger charge is 2.60. The number of aryl methyl sites for hydroxylation is 2. The number of fused-ring (bicyclic) bond motifs is 3. The van der Waals surface area contributed by atoms with Gasteiger partial charge in [0.25, 0.3) is 0 Å². The van der Waals surface area contributed by atoms with Gasteiger partial charge in [0.15, 0.2) is 5.82 Å².